The smallest absolute Gasteiger partial charge is 0.279 e. The maximum Gasteiger partial charge on any atom is 0.279 e. The topological polar surface area (TPSA) is 102 Å². The predicted octanol–water partition coefficient (Wildman–Crippen LogP) is 4.75. The predicted molar refractivity (Wildman–Crippen MR) is 142 cm³/mol. The number of halogens is 3. The molecule has 9 nitrogen and oxygen atoms in total. The number of anilines is 5. The van der Waals surface area contributed by atoms with E-state index in [9.17, 15) is 17.2 Å². The van der Waals surface area contributed by atoms with Gasteiger partial charge in [0.1, 0.15) is 5.02 Å². The van der Waals surface area contributed by atoms with E-state index in [0.29, 0.717) is 36.1 Å². The molecule has 3 N–H and O–H groups in total. The number of alkyl halides is 2. The molecule has 1 aromatic heterocycles. The molecule has 1 saturated heterocycles. The Hall–Kier alpha value is -3.06. The highest BCUT2D eigenvalue weighted by Gasteiger charge is 2.34. The van der Waals surface area contributed by atoms with Gasteiger partial charge in [0.25, 0.3) is 16.1 Å². The average molecular weight is 552 g/mol. The first-order chi connectivity index (χ1) is 17.5. The number of nitrogens with one attached hydrogen (secondary N) is 3. The van der Waals surface area contributed by atoms with E-state index in [1.807, 2.05) is 35.2 Å². The van der Waals surface area contributed by atoms with Crippen LogP contribution in [0.25, 0.3) is 0 Å². The van der Waals surface area contributed by atoms with Crippen LogP contribution in [0, 0.1) is 0 Å². The van der Waals surface area contributed by atoms with Crippen molar-refractivity contribution in [2.45, 2.75) is 25.3 Å². The van der Waals surface area contributed by atoms with Crippen LogP contribution in [0.15, 0.2) is 54.7 Å². The van der Waals surface area contributed by atoms with Gasteiger partial charge in [-0.05, 0) is 35.9 Å². The number of rotatable bonds is 9. The Morgan fingerprint density at radius 1 is 1.05 bits per heavy atom. The highest BCUT2D eigenvalue weighted by atomic mass is 35.5. The third kappa shape index (κ3) is 7.04. The molecule has 0 amide bonds. The fraction of sp³-hybridized carbons (Fsp3) is 0.333. The molecular weight excluding hydrogens is 524 g/mol. The number of benzene rings is 2. The van der Waals surface area contributed by atoms with Gasteiger partial charge in [-0.3, -0.25) is 0 Å². The summed E-state index contributed by atoms with van der Waals surface area (Å²) in [4.78, 5) is 10.6. The van der Waals surface area contributed by atoms with Gasteiger partial charge in [0.2, 0.25) is 5.95 Å². The molecule has 0 saturated carbocycles. The zero-order chi connectivity index (χ0) is 26.6. The molecule has 1 aliphatic heterocycles. The highest BCUT2D eigenvalue weighted by molar-refractivity contribution is 7.87. The van der Waals surface area contributed by atoms with Gasteiger partial charge < -0.3 is 15.5 Å². The second-order valence-electron chi connectivity index (χ2n) is 8.80. The van der Waals surface area contributed by atoms with Crippen molar-refractivity contribution in [1.82, 2.24) is 19.0 Å². The molecule has 0 aliphatic carbocycles. The summed E-state index contributed by atoms with van der Waals surface area (Å²) in [6, 6.07) is 14.6. The summed E-state index contributed by atoms with van der Waals surface area (Å²) in [5.41, 5.74) is 2.93. The number of nitrogens with zero attached hydrogens (tertiary/aromatic N) is 4. The van der Waals surface area contributed by atoms with Gasteiger partial charge in [0.15, 0.2) is 5.82 Å². The molecule has 2 aromatic carbocycles. The first-order valence-electron chi connectivity index (χ1n) is 11.6. The molecular formula is C24H28ClF2N7O2S. The fourth-order valence-corrected chi connectivity index (χ4v) is 4.45. The number of aromatic nitrogens is 2. The molecule has 3 aromatic rings. The highest BCUT2D eigenvalue weighted by Crippen LogP contribution is 2.31. The molecule has 0 radical (unpaired) electrons. The zero-order valence-corrected chi connectivity index (χ0v) is 22.0. The number of hydrogen-bond donors (Lipinski definition) is 3. The Morgan fingerprint density at radius 3 is 2.41 bits per heavy atom. The Morgan fingerprint density at radius 2 is 1.73 bits per heavy atom. The van der Waals surface area contributed by atoms with Gasteiger partial charge >= 0.3 is 0 Å². The third-order valence-electron chi connectivity index (χ3n) is 5.92. The van der Waals surface area contributed by atoms with E-state index in [4.69, 9.17) is 11.6 Å². The van der Waals surface area contributed by atoms with Gasteiger partial charge in [-0.25, -0.2) is 13.8 Å². The quantitative estimate of drug-likeness (QED) is 0.353. The van der Waals surface area contributed by atoms with Crippen LogP contribution in [0.5, 0.6) is 0 Å². The summed E-state index contributed by atoms with van der Waals surface area (Å²) in [6.07, 6.45) is 1.16. The summed E-state index contributed by atoms with van der Waals surface area (Å²) in [5, 5.41) is 6.55. The van der Waals surface area contributed by atoms with E-state index >= 15 is 0 Å². The maximum absolute atomic E-state index is 13.4. The summed E-state index contributed by atoms with van der Waals surface area (Å²) in [7, 11) is -0.697. The fourth-order valence-electron chi connectivity index (χ4n) is 3.71. The molecule has 0 unspecified atom stereocenters. The van der Waals surface area contributed by atoms with E-state index in [1.54, 1.807) is 18.2 Å². The molecule has 4 rings (SSSR count). The summed E-state index contributed by atoms with van der Waals surface area (Å²) in [6.45, 7) is 0.693. The van der Waals surface area contributed by atoms with Crippen LogP contribution in [0.2, 0.25) is 5.02 Å². The monoisotopic (exact) mass is 551 g/mol. The van der Waals surface area contributed by atoms with Crippen molar-refractivity contribution in [3.63, 3.8) is 0 Å². The lowest BCUT2D eigenvalue weighted by atomic mass is 10.1. The molecule has 0 spiro atoms. The standard InChI is InChI=1S/C24H28ClF2N7O2S/c1-33(2)37(35,36)29-15-17-5-3-4-6-21(17)31-22-20(25)16-28-23(32-22)30-18-7-9-19(10-8-18)34-13-11-24(26,27)12-14-34/h3-10,16,29H,11-15H2,1-2H3,(H2,28,30,31,32). The van der Waals surface area contributed by atoms with Crippen LogP contribution in [0.4, 0.5) is 37.6 Å². The second-order valence-corrected chi connectivity index (χ2v) is 11.2. The summed E-state index contributed by atoms with van der Waals surface area (Å²) in [5.74, 6) is -1.95. The molecule has 13 heteroatoms. The molecule has 0 atom stereocenters. The van der Waals surface area contributed by atoms with E-state index < -0.39 is 16.1 Å². The number of hydrogen-bond acceptors (Lipinski definition) is 7. The third-order valence-corrected chi connectivity index (χ3v) is 7.67. The van der Waals surface area contributed by atoms with Crippen molar-refractivity contribution in [3.05, 3.63) is 65.3 Å². The van der Waals surface area contributed by atoms with Crippen molar-refractivity contribution in [1.29, 1.82) is 0 Å². The molecule has 37 heavy (non-hydrogen) atoms. The van der Waals surface area contributed by atoms with Crippen LogP contribution in [0.1, 0.15) is 18.4 Å². The second kappa shape index (κ2) is 11.1. The lowest BCUT2D eigenvalue weighted by Crippen LogP contribution is -2.39. The minimum absolute atomic E-state index is 0.0680. The molecule has 0 bridgehead atoms. The molecule has 1 fully saturated rings. The van der Waals surface area contributed by atoms with Gasteiger partial charge in [-0.2, -0.15) is 22.4 Å². The lowest BCUT2D eigenvalue weighted by Gasteiger charge is -2.33. The first kappa shape index (κ1) is 27.0. The van der Waals surface area contributed by atoms with Crippen molar-refractivity contribution in [2.24, 2.45) is 0 Å². The summed E-state index contributed by atoms with van der Waals surface area (Å²) >= 11 is 6.33. The van der Waals surface area contributed by atoms with E-state index in [0.717, 1.165) is 15.7 Å². The van der Waals surface area contributed by atoms with Crippen LogP contribution < -0.4 is 20.3 Å². The summed E-state index contributed by atoms with van der Waals surface area (Å²) < 4.78 is 54.7. The Kier molecular flexibility index (Phi) is 8.12. The van der Waals surface area contributed by atoms with Crippen LogP contribution in [-0.2, 0) is 16.8 Å². The maximum atomic E-state index is 13.4. The number of piperidine rings is 1. The van der Waals surface area contributed by atoms with Gasteiger partial charge in [-0.1, -0.05) is 29.8 Å². The Bertz CT molecular complexity index is 1330. The van der Waals surface area contributed by atoms with E-state index in [-0.39, 0.29) is 24.4 Å². The van der Waals surface area contributed by atoms with E-state index in [1.165, 1.54) is 20.3 Å². The first-order valence-corrected chi connectivity index (χ1v) is 13.4. The normalized spacial score (nSPS) is 15.6. The Balaban J connectivity index is 1.44. The van der Waals surface area contributed by atoms with Crippen LogP contribution in [0.3, 0.4) is 0 Å². The van der Waals surface area contributed by atoms with Crippen molar-refractivity contribution < 1.29 is 17.2 Å². The molecule has 2 heterocycles. The lowest BCUT2D eigenvalue weighted by molar-refractivity contribution is -0.0220. The SMILES string of the molecule is CN(C)S(=O)(=O)NCc1ccccc1Nc1nc(Nc2ccc(N3CCC(F)(F)CC3)cc2)ncc1Cl. The minimum Gasteiger partial charge on any atom is -0.371 e. The van der Waals surface area contributed by atoms with Gasteiger partial charge in [-0.15, -0.1) is 0 Å². The van der Waals surface area contributed by atoms with Crippen molar-refractivity contribution in [2.75, 3.05) is 42.7 Å². The van der Waals surface area contributed by atoms with Gasteiger partial charge in [0, 0.05) is 63.6 Å². The van der Waals surface area contributed by atoms with E-state index in [2.05, 4.69) is 25.3 Å². The van der Waals surface area contributed by atoms with Crippen molar-refractivity contribution in [3.8, 4) is 0 Å². The molecule has 198 valence electrons. The largest absolute Gasteiger partial charge is 0.371 e. The van der Waals surface area contributed by atoms with Crippen LogP contribution >= 0.6 is 11.6 Å². The van der Waals surface area contributed by atoms with Gasteiger partial charge in [0.05, 0.1) is 6.20 Å². The average Bonchev–Trinajstić information content (AvgIpc) is 2.86. The molecule has 1 aliphatic rings. The Labute approximate surface area is 220 Å². The zero-order valence-electron chi connectivity index (χ0n) is 20.4. The van der Waals surface area contributed by atoms with Crippen LogP contribution in [-0.4, -0.2) is 55.8 Å². The number of para-hydroxylation sites is 1. The minimum atomic E-state index is -3.59. The van der Waals surface area contributed by atoms with Crippen molar-refractivity contribution >= 4 is 50.6 Å².